The van der Waals surface area contributed by atoms with Crippen molar-refractivity contribution >= 4 is 57.8 Å². The van der Waals surface area contributed by atoms with Gasteiger partial charge in [-0.3, -0.25) is 10.2 Å². The van der Waals surface area contributed by atoms with E-state index in [1.54, 1.807) is 18.2 Å². The first-order valence-electron chi connectivity index (χ1n) is 6.54. The van der Waals surface area contributed by atoms with Gasteiger partial charge in [0.15, 0.2) is 0 Å². The summed E-state index contributed by atoms with van der Waals surface area (Å²) in [4.78, 5) is 11.1. The predicted molar refractivity (Wildman–Crippen MR) is 101 cm³/mol. The highest BCUT2D eigenvalue weighted by Crippen LogP contribution is 2.26. The number of halogens is 3. The highest BCUT2D eigenvalue weighted by molar-refractivity contribution is 14.1. The van der Waals surface area contributed by atoms with Gasteiger partial charge >= 0.3 is 0 Å². The third-order valence-corrected chi connectivity index (χ3v) is 4.49. The van der Waals surface area contributed by atoms with Crippen molar-refractivity contribution in [3.05, 3.63) is 67.2 Å². The number of benzene rings is 2. The van der Waals surface area contributed by atoms with Crippen LogP contribution in [0.4, 0.5) is 0 Å². The number of hydrogen-bond acceptors (Lipinski definition) is 3. The molecule has 2 aromatic rings. The molecule has 4 nitrogen and oxygen atoms in total. The zero-order valence-corrected chi connectivity index (χ0v) is 15.5. The third-order valence-electron chi connectivity index (χ3n) is 2.90. The van der Waals surface area contributed by atoms with Gasteiger partial charge in [0.25, 0.3) is 5.91 Å². The second kappa shape index (κ2) is 8.54. The molecule has 0 aromatic heterocycles. The predicted octanol–water partition coefficient (Wildman–Crippen LogP) is 4.18. The molecule has 0 saturated heterocycles. The van der Waals surface area contributed by atoms with Gasteiger partial charge in [-0.1, -0.05) is 35.3 Å². The van der Waals surface area contributed by atoms with Gasteiger partial charge in [-0.15, -0.1) is 0 Å². The molecule has 0 radical (unpaired) electrons. The van der Waals surface area contributed by atoms with Crippen molar-refractivity contribution in [3.8, 4) is 5.75 Å². The van der Waals surface area contributed by atoms with Crippen molar-refractivity contribution in [2.45, 2.75) is 6.61 Å². The van der Waals surface area contributed by atoms with Crippen molar-refractivity contribution < 1.29 is 9.53 Å². The van der Waals surface area contributed by atoms with Gasteiger partial charge in [0.1, 0.15) is 12.4 Å². The SMILES string of the molecule is NNC(=O)/C=C/c1ccc(OCc2ccc(Cl)c(Cl)c2)c(I)c1. The number of nitrogens with two attached hydrogens (primary N) is 1. The summed E-state index contributed by atoms with van der Waals surface area (Å²) in [5, 5.41) is 1.02. The van der Waals surface area contributed by atoms with Crippen molar-refractivity contribution in [2.75, 3.05) is 0 Å². The number of amides is 1. The van der Waals surface area contributed by atoms with E-state index in [1.807, 2.05) is 29.7 Å². The molecular formula is C16H13Cl2IN2O2. The van der Waals surface area contributed by atoms with Crippen LogP contribution in [-0.4, -0.2) is 5.91 Å². The molecule has 3 N–H and O–H groups in total. The van der Waals surface area contributed by atoms with E-state index in [0.717, 1.165) is 20.4 Å². The quantitative estimate of drug-likeness (QED) is 0.230. The Bertz CT molecular complexity index is 751. The van der Waals surface area contributed by atoms with Crippen molar-refractivity contribution in [1.82, 2.24) is 5.43 Å². The van der Waals surface area contributed by atoms with Crippen LogP contribution in [0.5, 0.6) is 5.75 Å². The fourth-order valence-electron chi connectivity index (χ4n) is 1.75. The molecule has 0 bridgehead atoms. The van der Waals surface area contributed by atoms with Crippen LogP contribution in [0.2, 0.25) is 10.0 Å². The molecule has 120 valence electrons. The second-order valence-electron chi connectivity index (χ2n) is 4.57. The summed E-state index contributed by atoms with van der Waals surface area (Å²) in [5.74, 6) is 5.40. The van der Waals surface area contributed by atoms with Gasteiger partial charge in [-0.2, -0.15) is 0 Å². The lowest BCUT2D eigenvalue weighted by Crippen LogP contribution is -2.27. The molecule has 0 atom stereocenters. The number of ether oxygens (including phenoxy) is 1. The Morgan fingerprint density at radius 1 is 1.22 bits per heavy atom. The molecule has 1 amide bonds. The lowest BCUT2D eigenvalue weighted by molar-refractivity contribution is -0.116. The van der Waals surface area contributed by atoms with Crippen LogP contribution in [-0.2, 0) is 11.4 Å². The van der Waals surface area contributed by atoms with E-state index in [2.05, 4.69) is 22.6 Å². The first-order chi connectivity index (χ1) is 11.0. The zero-order chi connectivity index (χ0) is 16.8. The van der Waals surface area contributed by atoms with E-state index in [-0.39, 0.29) is 5.91 Å². The number of carbonyl (C=O) groups is 1. The molecule has 0 heterocycles. The van der Waals surface area contributed by atoms with E-state index >= 15 is 0 Å². The van der Waals surface area contributed by atoms with Gasteiger partial charge in [-0.25, -0.2) is 5.84 Å². The van der Waals surface area contributed by atoms with Crippen molar-refractivity contribution in [3.63, 3.8) is 0 Å². The van der Waals surface area contributed by atoms with Crippen LogP contribution >= 0.6 is 45.8 Å². The number of carbonyl (C=O) groups excluding carboxylic acids is 1. The first kappa shape index (κ1) is 18.1. The van der Waals surface area contributed by atoms with E-state index in [4.69, 9.17) is 33.8 Å². The van der Waals surface area contributed by atoms with Gasteiger partial charge in [0.05, 0.1) is 13.6 Å². The van der Waals surface area contributed by atoms with Crippen LogP contribution in [0.15, 0.2) is 42.5 Å². The largest absolute Gasteiger partial charge is 0.488 e. The minimum Gasteiger partial charge on any atom is -0.488 e. The summed E-state index contributed by atoms with van der Waals surface area (Å²) in [6.07, 6.45) is 3.04. The lowest BCUT2D eigenvalue weighted by Gasteiger charge is -2.09. The Labute approximate surface area is 157 Å². The monoisotopic (exact) mass is 462 g/mol. The molecule has 0 saturated carbocycles. The smallest absolute Gasteiger partial charge is 0.257 e. The maximum Gasteiger partial charge on any atom is 0.257 e. The molecule has 23 heavy (non-hydrogen) atoms. The Kier molecular flexibility index (Phi) is 6.71. The molecule has 2 rings (SSSR count). The van der Waals surface area contributed by atoms with Gasteiger partial charge in [0.2, 0.25) is 0 Å². The van der Waals surface area contributed by atoms with Gasteiger partial charge in [-0.05, 0) is 64.1 Å². The molecular weight excluding hydrogens is 450 g/mol. The molecule has 0 aliphatic heterocycles. The highest BCUT2D eigenvalue weighted by Gasteiger charge is 2.04. The molecule has 2 aromatic carbocycles. The normalized spacial score (nSPS) is 10.8. The minimum absolute atomic E-state index is 0.361. The molecule has 7 heteroatoms. The minimum atomic E-state index is -0.361. The Morgan fingerprint density at radius 2 is 2.00 bits per heavy atom. The molecule has 0 aliphatic carbocycles. The van der Waals surface area contributed by atoms with E-state index in [1.165, 1.54) is 6.08 Å². The van der Waals surface area contributed by atoms with Crippen molar-refractivity contribution in [2.24, 2.45) is 5.84 Å². The summed E-state index contributed by atoms with van der Waals surface area (Å²) < 4.78 is 6.72. The number of rotatable bonds is 5. The zero-order valence-electron chi connectivity index (χ0n) is 11.9. The second-order valence-corrected chi connectivity index (χ2v) is 6.55. The molecule has 0 fully saturated rings. The molecule has 0 aliphatic rings. The van der Waals surface area contributed by atoms with E-state index in [9.17, 15) is 4.79 Å². The lowest BCUT2D eigenvalue weighted by atomic mass is 10.2. The summed E-state index contributed by atoms with van der Waals surface area (Å²) >= 11 is 14.0. The molecule has 0 unspecified atom stereocenters. The van der Waals surface area contributed by atoms with Crippen LogP contribution in [0, 0.1) is 3.57 Å². The summed E-state index contributed by atoms with van der Waals surface area (Å²) in [6.45, 7) is 0.387. The maximum atomic E-state index is 11.1. The average molecular weight is 463 g/mol. The summed E-state index contributed by atoms with van der Waals surface area (Å²) in [6, 6.07) is 11.0. The van der Waals surface area contributed by atoms with Crippen LogP contribution < -0.4 is 16.0 Å². The Morgan fingerprint density at radius 3 is 2.65 bits per heavy atom. The third kappa shape index (κ3) is 5.39. The standard InChI is InChI=1S/C16H13Cl2IN2O2/c17-12-4-1-11(7-13(12)18)9-23-15-5-2-10(8-14(15)19)3-6-16(22)21-20/h1-8H,9,20H2,(H,21,22)/b6-3+. The molecule has 0 spiro atoms. The van der Waals surface area contributed by atoms with Crippen molar-refractivity contribution in [1.29, 1.82) is 0 Å². The number of hydrazine groups is 1. The van der Waals surface area contributed by atoms with Crippen LogP contribution in [0.3, 0.4) is 0 Å². The highest BCUT2D eigenvalue weighted by atomic mass is 127. The number of hydrogen-bond donors (Lipinski definition) is 2. The Hall–Kier alpha value is -1.28. The van der Waals surface area contributed by atoms with Gasteiger partial charge < -0.3 is 4.74 Å². The van der Waals surface area contributed by atoms with Crippen LogP contribution in [0.25, 0.3) is 6.08 Å². The fraction of sp³-hybridized carbons (Fsp3) is 0.0625. The number of nitrogens with one attached hydrogen (secondary N) is 1. The van der Waals surface area contributed by atoms with Crippen LogP contribution in [0.1, 0.15) is 11.1 Å². The fourth-order valence-corrected chi connectivity index (χ4v) is 2.76. The Balaban J connectivity index is 2.04. The van der Waals surface area contributed by atoms with E-state index < -0.39 is 0 Å². The van der Waals surface area contributed by atoms with Gasteiger partial charge in [0, 0.05) is 6.08 Å². The topological polar surface area (TPSA) is 64.3 Å². The van der Waals surface area contributed by atoms with E-state index in [0.29, 0.717) is 16.7 Å². The summed E-state index contributed by atoms with van der Waals surface area (Å²) in [7, 11) is 0. The maximum absolute atomic E-state index is 11.1. The summed E-state index contributed by atoms with van der Waals surface area (Å²) in [5.41, 5.74) is 3.84. The first-order valence-corrected chi connectivity index (χ1v) is 8.38. The average Bonchev–Trinajstić information content (AvgIpc) is 2.54.